The number of anilines is 1. The normalized spacial score (nSPS) is 27.9. The number of likely N-dealkylation sites (tertiary alicyclic amines) is 1. The Labute approximate surface area is 292 Å². The molecule has 2 heterocycles. The van der Waals surface area contributed by atoms with Gasteiger partial charge in [0.05, 0.1) is 41.0 Å². The van der Waals surface area contributed by atoms with Crippen molar-refractivity contribution in [3.8, 4) is 11.5 Å². The molecule has 248 valence electrons. The van der Waals surface area contributed by atoms with Crippen LogP contribution in [0.4, 0.5) is 5.69 Å². The highest BCUT2D eigenvalue weighted by molar-refractivity contribution is 6.36. The molecule has 9 nitrogen and oxygen atoms in total. The first-order chi connectivity index (χ1) is 23.0. The van der Waals surface area contributed by atoms with Gasteiger partial charge in [-0.05, 0) is 79.3 Å². The third-order valence-corrected chi connectivity index (χ3v) is 11.2. The molecule has 2 aliphatic carbocycles. The molecule has 2 saturated heterocycles. The van der Waals surface area contributed by atoms with Crippen LogP contribution in [0.1, 0.15) is 43.2 Å². The topological polar surface area (TPSA) is 116 Å². The number of hydrazine groups is 1. The molecule has 3 aromatic rings. The minimum atomic E-state index is -1.60. The van der Waals surface area contributed by atoms with Crippen molar-refractivity contribution in [2.24, 2.45) is 23.7 Å². The van der Waals surface area contributed by atoms with E-state index in [0.29, 0.717) is 45.5 Å². The van der Waals surface area contributed by atoms with E-state index in [4.69, 9.17) is 39.5 Å². The Balaban J connectivity index is 1.47. The lowest BCUT2D eigenvalue weighted by Gasteiger charge is -2.50. The van der Waals surface area contributed by atoms with E-state index in [0.717, 1.165) is 5.01 Å². The molecule has 2 aliphatic heterocycles. The fourth-order valence-corrected chi connectivity index (χ4v) is 9.09. The zero-order valence-electron chi connectivity index (χ0n) is 26.1. The third-order valence-electron chi connectivity index (χ3n) is 10.4. The van der Waals surface area contributed by atoms with Gasteiger partial charge >= 0.3 is 0 Å². The number of phenolic OH excluding ortho intramolecular Hbond substituents is 1. The van der Waals surface area contributed by atoms with E-state index >= 15 is 4.79 Å². The molecular weight excluding hydrogens is 677 g/mol. The van der Waals surface area contributed by atoms with Gasteiger partial charge in [0, 0.05) is 28.1 Å². The number of carbonyl (C=O) groups is 4. The third kappa shape index (κ3) is 4.73. The maximum absolute atomic E-state index is 15.2. The van der Waals surface area contributed by atoms with Crippen molar-refractivity contribution in [3.63, 3.8) is 0 Å². The van der Waals surface area contributed by atoms with Crippen molar-refractivity contribution in [3.05, 3.63) is 98.5 Å². The predicted molar refractivity (Wildman–Crippen MR) is 181 cm³/mol. The van der Waals surface area contributed by atoms with Crippen molar-refractivity contribution in [1.82, 2.24) is 9.91 Å². The van der Waals surface area contributed by atoms with Crippen LogP contribution >= 0.6 is 34.8 Å². The average Bonchev–Trinajstić information content (AvgIpc) is 3.44. The second kappa shape index (κ2) is 12.1. The quantitative estimate of drug-likeness (QED) is 0.206. The molecule has 2 N–H and O–H groups in total. The summed E-state index contributed by atoms with van der Waals surface area (Å²) in [4.78, 5) is 58.8. The zero-order valence-corrected chi connectivity index (χ0v) is 28.4. The van der Waals surface area contributed by atoms with E-state index < -0.39 is 46.8 Å². The highest BCUT2D eigenvalue weighted by Gasteiger charge is 2.70. The number of aromatic hydroxyl groups is 1. The van der Waals surface area contributed by atoms with Crippen LogP contribution in [-0.4, -0.2) is 52.3 Å². The molecule has 0 radical (unpaired) electrons. The van der Waals surface area contributed by atoms with Crippen molar-refractivity contribution in [2.45, 2.75) is 37.5 Å². The molecule has 6 unspecified atom stereocenters. The van der Waals surface area contributed by atoms with Gasteiger partial charge in [-0.15, -0.1) is 0 Å². The Hall–Kier alpha value is -4.05. The summed E-state index contributed by atoms with van der Waals surface area (Å²) in [5, 5.41) is 13.3. The number of phenols is 1. The number of hydrogen-bond acceptors (Lipinski definition) is 7. The number of allylic oxidation sites excluding steroid dienone is 2. The van der Waals surface area contributed by atoms with Gasteiger partial charge in [0.25, 0.3) is 11.8 Å². The largest absolute Gasteiger partial charge is 0.508 e. The zero-order chi connectivity index (χ0) is 34.1. The number of methoxy groups -OCH3 is 1. The second-order valence-corrected chi connectivity index (χ2v) is 14.0. The highest BCUT2D eigenvalue weighted by atomic mass is 35.5. The van der Waals surface area contributed by atoms with E-state index in [2.05, 4.69) is 5.43 Å². The summed E-state index contributed by atoms with van der Waals surface area (Å²) >= 11 is 19.2. The fourth-order valence-electron chi connectivity index (χ4n) is 8.45. The molecular formula is C36H32Cl3N3O6. The molecule has 4 amide bonds. The van der Waals surface area contributed by atoms with Crippen molar-refractivity contribution in [1.29, 1.82) is 0 Å². The van der Waals surface area contributed by atoms with E-state index in [-0.39, 0.29) is 41.1 Å². The average molecular weight is 709 g/mol. The van der Waals surface area contributed by atoms with Gasteiger partial charge in [-0.25, -0.2) is 0 Å². The van der Waals surface area contributed by atoms with Gasteiger partial charge < -0.3 is 9.84 Å². The molecule has 0 aromatic heterocycles. The molecule has 3 aromatic carbocycles. The number of nitrogens with zero attached hydrogens (tertiary/aromatic N) is 2. The summed E-state index contributed by atoms with van der Waals surface area (Å²) in [7, 11) is 1.53. The predicted octanol–water partition coefficient (Wildman–Crippen LogP) is 6.76. The molecule has 0 bridgehead atoms. The first-order valence-electron chi connectivity index (χ1n) is 15.8. The van der Waals surface area contributed by atoms with Crippen molar-refractivity contribution >= 4 is 64.1 Å². The Morgan fingerprint density at radius 3 is 2.31 bits per heavy atom. The standard InChI is InChI=1S/C36H32Cl3N3O6/c1-3-14-41-32(44)23-11-10-22-24(30(23)34(41)46)17-26-33(45)42(40-28-12-6-20(38)16-27(28)39)35(47)36(26,18-4-8-21(48-2)9-5-18)31(22)25-15-19(37)7-13-29(25)43/h4-10,12-13,15-16,23-24,26,30-31,40,43H,3,11,14,17H2,1-2H3. The van der Waals surface area contributed by atoms with Gasteiger partial charge in [-0.3, -0.25) is 29.5 Å². The summed E-state index contributed by atoms with van der Waals surface area (Å²) in [6.07, 6.45) is 2.95. The van der Waals surface area contributed by atoms with Crippen LogP contribution in [0.2, 0.25) is 15.1 Å². The highest BCUT2D eigenvalue weighted by Crippen LogP contribution is 2.65. The lowest BCUT2D eigenvalue weighted by Crippen LogP contribution is -2.53. The van der Waals surface area contributed by atoms with Gasteiger partial charge in [-0.1, -0.05) is 65.5 Å². The molecule has 0 spiro atoms. The first-order valence-corrected chi connectivity index (χ1v) is 16.9. The van der Waals surface area contributed by atoms with Crippen LogP contribution in [0.15, 0.2) is 72.3 Å². The summed E-state index contributed by atoms with van der Waals surface area (Å²) in [5.41, 5.74) is 3.22. The monoisotopic (exact) mass is 707 g/mol. The molecule has 6 atom stereocenters. The second-order valence-electron chi connectivity index (χ2n) is 12.7. The molecule has 4 aliphatic rings. The molecule has 7 rings (SSSR count). The Morgan fingerprint density at radius 2 is 1.62 bits per heavy atom. The number of ether oxygens (including phenoxy) is 1. The fraction of sp³-hybridized carbons (Fsp3) is 0.333. The number of rotatable bonds is 7. The molecule has 12 heteroatoms. The number of imide groups is 2. The number of benzene rings is 3. The van der Waals surface area contributed by atoms with Crippen LogP contribution in [0, 0.1) is 23.7 Å². The van der Waals surface area contributed by atoms with E-state index in [1.807, 2.05) is 13.0 Å². The Morgan fingerprint density at radius 1 is 0.917 bits per heavy atom. The lowest BCUT2D eigenvalue weighted by molar-refractivity contribution is -0.141. The summed E-state index contributed by atoms with van der Waals surface area (Å²) in [6, 6.07) is 16.2. The minimum absolute atomic E-state index is 0.117. The lowest BCUT2D eigenvalue weighted by atomic mass is 9.49. The first kappa shape index (κ1) is 32.5. The van der Waals surface area contributed by atoms with Gasteiger partial charge in [0.1, 0.15) is 11.5 Å². The van der Waals surface area contributed by atoms with E-state index in [1.54, 1.807) is 48.5 Å². The van der Waals surface area contributed by atoms with Crippen LogP contribution in [0.3, 0.4) is 0 Å². The van der Waals surface area contributed by atoms with E-state index in [9.17, 15) is 19.5 Å². The van der Waals surface area contributed by atoms with Gasteiger partial charge in [0.15, 0.2) is 0 Å². The number of fused-ring (bicyclic) bond motifs is 4. The molecule has 3 fully saturated rings. The minimum Gasteiger partial charge on any atom is -0.508 e. The number of amides is 4. The van der Waals surface area contributed by atoms with Crippen molar-refractivity contribution < 1.29 is 29.0 Å². The van der Waals surface area contributed by atoms with Crippen molar-refractivity contribution in [2.75, 3.05) is 19.1 Å². The van der Waals surface area contributed by atoms with Crippen LogP contribution in [0.5, 0.6) is 11.5 Å². The van der Waals surface area contributed by atoms with Crippen LogP contribution in [0.25, 0.3) is 0 Å². The SMILES string of the molecule is CCCN1C(=O)C2CC=C3C(CC4C(=O)N(Nc5ccc(Cl)cc5Cl)C(=O)C4(c4ccc(OC)cc4)C3c3cc(Cl)ccc3O)C2C1=O. The van der Waals surface area contributed by atoms with E-state index in [1.165, 1.54) is 24.1 Å². The number of carbonyl (C=O) groups excluding carboxylic acids is 4. The summed E-state index contributed by atoms with van der Waals surface area (Å²) < 4.78 is 5.42. The maximum Gasteiger partial charge on any atom is 0.260 e. The van der Waals surface area contributed by atoms with Gasteiger partial charge in [-0.2, -0.15) is 5.01 Å². The Bertz CT molecular complexity index is 1900. The smallest absolute Gasteiger partial charge is 0.260 e. The number of halogens is 3. The molecule has 48 heavy (non-hydrogen) atoms. The van der Waals surface area contributed by atoms with Crippen LogP contribution < -0.4 is 10.2 Å². The van der Waals surface area contributed by atoms with Gasteiger partial charge in [0.2, 0.25) is 11.8 Å². The summed E-state index contributed by atoms with van der Waals surface area (Å²) in [5.74, 6) is -4.94. The Kier molecular flexibility index (Phi) is 8.21. The summed E-state index contributed by atoms with van der Waals surface area (Å²) in [6.45, 7) is 2.22. The number of hydrogen-bond donors (Lipinski definition) is 2. The molecule has 1 saturated carbocycles. The maximum atomic E-state index is 15.2. The number of nitrogens with one attached hydrogen (secondary N) is 1. The van der Waals surface area contributed by atoms with Crippen LogP contribution in [-0.2, 0) is 24.6 Å².